The first-order chi connectivity index (χ1) is 11.8. The lowest BCUT2D eigenvalue weighted by Crippen LogP contribution is -2.31. The molecule has 146 valence electrons. The van der Waals surface area contributed by atoms with Crippen LogP contribution in [0.1, 0.15) is 30.6 Å². The molecule has 0 aromatic heterocycles. The molecule has 0 atom stereocenters. The second-order valence-corrected chi connectivity index (χ2v) is 7.82. The summed E-state index contributed by atoms with van der Waals surface area (Å²) in [5.74, 6) is -0.117. The minimum Gasteiger partial charge on any atom is -0.495 e. The first kappa shape index (κ1) is 22.4. The zero-order valence-corrected chi connectivity index (χ0v) is 16.8. The van der Waals surface area contributed by atoms with Crippen LogP contribution in [0.4, 0.5) is 0 Å². The van der Waals surface area contributed by atoms with Crippen LogP contribution < -0.4 is 20.1 Å². The molecule has 7 nitrogen and oxygen atoms in total. The van der Waals surface area contributed by atoms with Gasteiger partial charge in [0.15, 0.2) is 0 Å². The summed E-state index contributed by atoms with van der Waals surface area (Å²) in [7, 11) is -2.37. The molecule has 0 radical (unpaired) electrons. The Bertz CT molecular complexity index is 763. The number of benzene rings is 1. The van der Waals surface area contributed by atoms with Crippen LogP contribution in [0, 0.1) is 0 Å². The molecule has 0 saturated heterocycles. The summed E-state index contributed by atoms with van der Waals surface area (Å²) in [6, 6.07) is 4.13. The number of halogens is 1. The van der Waals surface area contributed by atoms with Crippen molar-refractivity contribution in [3.05, 3.63) is 35.4 Å². The molecule has 1 aliphatic heterocycles. The minimum atomic E-state index is -3.77. The average Bonchev–Trinajstić information content (AvgIpc) is 2.59. The Balaban J connectivity index is 0.00000338. The predicted octanol–water partition coefficient (Wildman–Crippen LogP) is 1.45. The number of amides is 1. The highest BCUT2D eigenvalue weighted by Gasteiger charge is 2.22. The molecule has 0 bridgehead atoms. The maximum atomic E-state index is 12.5. The molecule has 0 fully saturated rings. The van der Waals surface area contributed by atoms with Crippen molar-refractivity contribution >= 4 is 28.3 Å². The van der Waals surface area contributed by atoms with Gasteiger partial charge in [0.1, 0.15) is 10.6 Å². The minimum absolute atomic E-state index is 0. The molecule has 1 aromatic rings. The largest absolute Gasteiger partial charge is 0.495 e. The van der Waals surface area contributed by atoms with Crippen molar-refractivity contribution in [1.82, 2.24) is 15.4 Å². The van der Waals surface area contributed by atoms with E-state index in [4.69, 9.17) is 4.74 Å². The third-order valence-electron chi connectivity index (χ3n) is 3.74. The Kier molecular flexibility index (Phi) is 8.55. The summed E-state index contributed by atoms with van der Waals surface area (Å²) in [6.45, 7) is 5.62. The highest BCUT2D eigenvalue weighted by molar-refractivity contribution is 7.89. The van der Waals surface area contributed by atoms with Crippen LogP contribution in [-0.4, -0.2) is 47.1 Å². The lowest BCUT2D eigenvalue weighted by atomic mass is 10.1. The van der Waals surface area contributed by atoms with E-state index in [-0.39, 0.29) is 40.6 Å². The Hall–Kier alpha value is -1.61. The lowest BCUT2D eigenvalue weighted by molar-refractivity contribution is 0.0956. The van der Waals surface area contributed by atoms with E-state index >= 15 is 0 Å². The molecular weight excluding hydrogens is 378 g/mol. The van der Waals surface area contributed by atoms with Crippen molar-refractivity contribution in [3.8, 4) is 5.75 Å². The summed E-state index contributed by atoms with van der Waals surface area (Å²) >= 11 is 0. The molecule has 3 N–H and O–H groups in total. The van der Waals surface area contributed by atoms with Gasteiger partial charge in [-0.05, 0) is 45.0 Å². The number of nitrogens with one attached hydrogen (secondary N) is 3. The normalized spacial score (nSPS) is 14.4. The van der Waals surface area contributed by atoms with E-state index in [1.807, 2.05) is 0 Å². The second kappa shape index (κ2) is 9.91. The standard InChI is InChI=1S/C17H25N3O4S.ClH/c1-12(2)20-25(22,23)16-10-14(4-5-15(16)24-3)17(21)19-11-13-6-8-18-9-7-13;/h4-6,10,12,18,20H,7-9,11H2,1-3H3,(H,19,21);1H. The van der Waals surface area contributed by atoms with Crippen LogP contribution >= 0.6 is 12.4 Å². The summed E-state index contributed by atoms with van der Waals surface area (Å²) in [4.78, 5) is 12.3. The van der Waals surface area contributed by atoms with Gasteiger partial charge >= 0.3 is 0 Å². The van der Waals surface area contributed by atoms with Crippen molar-refractivity contribution in [2.24, 2.45) is 0 Å². The quantitative estimate of drug-likeness (QED) is 0.599. The van der Waals surface area contributed by atoms with Crippen molar-refractivity contribution in [1.29, 1.82) is 0 Å². The van der Waals surface area contributed by atoms with Gasteiger partial charge in [-0.25, -0.2) is 13.1 Å². The van der Waals surface area contributed by atoms with E-state index in [2.05, 4.69) is 21.4 Å². The Morgan fingerprint density at radius 3 is 2.65 bits per heavy atom. The van der Waals surface area contributed by atoms with Crippen LogP contribution in [0.3, 0.4) is 0 Å². The molecule has 1 aliphatic rings. The van der Waals surface area contributed by atoms with Crippen LogP contribution in [0.5, 0.6) is 5.75 Å². The fourth-order valence-corrected chi connectivity index (χ4v) is 3.97. The monoisotopic (exact) mass is 403 g/mol. The molecule has 1 aromatic carbocycles. The number of hydrogen-bond acceptors (Lipinski definition) is 5. The van der Waals surface area contributed by atoms with Gasteiger partial charge < -0.3 is 15.4 Å². The Labute approximate surface area is 161 Å². The van der Waals surface area contributed by atoms with Gasteiger partial charge in [0.25, 0.3) is 5.91 Å². The number of ether oxygens (including phenoxy) is 1. The smallest absolute Gasteiger partial charge is 0.251 e. The van der Waals surface area contributed by atoms with Gasteiger partial charge in [-0.2, -0.15) is 0 Å². The van der Waals surface area contributed by atoms with Crippen molar-refractivity contribution in [2.75, 3.05) is 26.7 Å². The van der Waals surface area contributed by atoms with Crippen molar-refractivity contribution < 1.29 is 17.9 Å². The number of methoxy groups -OCH3 is 1. The van der Waals surface area contributed by atoms with Crippen LogP contribution in [0.15, 0.2) is 34.7 Å². The third kappa shape index (κ3) is 5.98. The van der Waals surface area contributed by atoms with E-state index in [0.717, 1.165) is 25.1 Å². The topological polar surface area (TPSA) is 96.5 Å². The summed E-state index contributed by atoms with van der Waals surface area (Å²) < 4.78 is 32.6. The molecule has 26 heavy (non-hydrogen) atoms. The van der Waals surface area contributed by atoms with E-state index in [1.165, 1.54) is 19.2 Å². The van der Waals surface area contributed by atoms with Crippen LogP contribution in [-0.2, 0) is 10.0 Å². The fourth-order valence-electron chi connectivity index (χ4n) is 2.53. The van der Waals surface area contributed by atoms with Gasteiger partial charge in [-0.15, -0.1) is 12.4 Å². The van der Waals surface area contributed by atoms with E-state index in [1.54, 1.807) is 19.9 Å². The zero-order chi connectivity index (χ0) is 18.4. The molecule has 9 heteroatoms. The second-order valence-electron chi connectivity index (χ2n) is 6.14. The number of sulfonamides is 1. The lowest BCUT2D eigenvalue weighted by Gasteiger charge is -2.16. The van der Waals surface area contributed by atoms with E-state index < -0.39 is 10.0 Å². The van der Waals surface area contributed by atoms with E-state index in [9.17, 15) is 13.2 Å². The molecule has 0 aliphatic carbocycles. The number of carbonyl (C=O) groups is 1. The first-order valence-electron chi connectivity index (χ1n) is 8.20. The van der Waals surface area contributed by atoms with Crippen LogP contribution in [0.2, 0.25) is 0 Å². The van der Waals surface area contributed by atoms with Crippen LogP contribution in [0.25, 0.3) is 0 Å². The van der Waals surface area contributed by atoms with Gasteiger partial charge in [0.2, 0.25) is 10.0 Å². The van der Waals surface area contributed by atoms with Gasteiger partial charge in [0, 0.05) is 24.7 Å². The number of carbonyl (C=O) groups excluding carboxylic acids is 1. The number of rotatable bonds is 7. The Morgan fingerprint density at radius 2 is 2.08 bits per heavy atom. The van der Waals surface area contributed by atoms with Crippen molar-refractivity contribution in [2.45, 2.75) is 31.2 Å². The highest BCUT2D eigenvalue weighted by atomic mass is 35.5. The predicted molar refractivity (Wildman–Crippen MR) is 104 cm³/mol. The molecule has 0 spiro atoms. The summed E-state index contributed by atoms with van der Waals surface area (Å²) in [6.07, 6.45) is 2.95. The molecule has 1 amide bonds. The Morgan fingerprint density at radius 1 is 1.35 bits per heavy atom. The maximum Gasteiger partial charge on any atom is 0.251 e. The average molecular weight is 404 g/mol. The van der Waals surface area contributed by atoms with Gasteiger partial charge in [0.05, 0.1) is 7.11 Å². The molecule has 0 unspecified atom stereocenters. The zero-order valence-electron chi connectivity index (χ0n) is 15.2. The third-order valence-corrected chi connectivity index (χ3v) is 5.42. The van der Waals surface area contributed by atoms with Gasteiger partial charge in [-0.3, -0.25) is 4.79 Å². The molecule has 2 rings (SSSR count). The molecule has 0 saturated carbocycles. The highest BCUT2D eigenvalue weighted by Crippen LogP contribution is 2.25. The fraction of sp³-hybridized carbons (Fsp3) is 0.471. The van der Waals surface area contributed by atoms with E-state index in [0.29, 0.717) is 6.54 Å². The summed E-state index contributed by atoms with van der Waals surface area (Å²) in [5, 5.41) is 6.04. The molecular formula is C17H26ClN3O4S. The number of hydrogen-bond donors (Lipinski definition) is 3. The summed E-state index contributed by atoms with van der Waals surface area (Å²) in [5.41, 5.74) is 1.44. The SMILES string of the molecule is COc1ccc(C(=O)NCC2=CCNCC2)cc1S(=O)(=O)NC(C)C.Cl. The van der Waals surface area contributed by atoms with Crippen molar-refractivity contribution in [3.63, 3.8) is 0 Å². The van der Waals surface area contributed by atoms with Gasteiger partial charge in [-0.1, -0.05) is 11.6 Å². The molecule has 1 heterocycles. The first-order valence-corrected chi connectivity index (χ1v) is 9.69. The maximum absolute atomic E-state index is 12.5.